The van der Waals surface area contributed by atoms with Crippen LogP contribution < -0.4 is 9.64 Å². The highest BCUT2D eigenvalue weighted by Gasteiger charge is 2.39. The summed E-state index contributed by atoms with van der Waals surface area (Å²) in [5.41, 5.74) is 1.45. The zero-order valence-electron chi connectivity index (χ0n) is 28.0. The van der Waals surface area contributed by atoms with Crippen LogP contribution in [0.4, 0.5) is 23.8 Å². The molecule has 0 radical (unpaired) electrons. The highest BCUT2D eigenvalue weighted by Crippen LogP contribution is 2.44. The molecule has 0 bridgehead atoms. The van der Waals surface area contributed by atoms with E-state index in [4.69, 9.17) is 14.5 Å². The Bertz CT molecular complexity index is 1920. The number of nitrogens with zero attached hydrogens (tertiary/aromatic N) is 7. The minimum Gasteiger partial charge on any atom is -0.487 e. The molecule has 0 atom stereocenters. The molecule has 1 aromatic carbocycles. The molecule has 5 heterocycles. The van der Waals surface area contributed by atoms with Crippen molar-refractivity contribution in [2.45, 2.75) is 52.4 Å². The van der Waals surface area contributed by atoms with Gasteiger partial charge in [-0.1, -0.05) is 13.3 Å². The van der Waals surface area contributed by atoms with Crippen molar-refractivity contribution in [1.82, 2.24) is 29.2 Å². The second-order valence-corrected chi connectivity index (χ2v) is 12.5. The number of rotatable bonds is 9. The minimum absolute atomic E-state index is 0.0183. The van der Waals surface area contributed by atoms with Crippen LogP contribution in [0, 0.1) is 13.8 Å². The lowest BCUT2D eigenvalue weighted by molar-refractivity contribution is -0.141. The Morgan fingerprint density at radius 2 is 1.90 bits per heavy atom. The smallest absolute Gasteiger partial charge is 0.435 e. The Kier molecular flexibility index (Phi) is 9.23. The number of anilines is 1. The number of likely N-dealkylation sites (N-methyl/N-ethyl adjacent to an activating group) is 1. The average Bonchev–Trinajstić information content (AvgIpc) is 3.62. The van der Waals surface area contributed by atoms with E-state index < -0.39 is 11.9 Å². The summed E-state index contributed by atoms with van der Waals surface area (Å²) in [6.07, 6.45) is 3.04. The summed E-state index contributed by atoms with van der Waals surface area (Å²) >= 11 is 0. The summed E-state index contributed by atoms with van der Waals surface area (Å²) in [5, 5.41) is 3.68. The van der Waals surface area contributed by atoms with Crippen LogP contribution in [-0.2, 0) is 24.5 Å². The lowest BCUT2D eigenvalue weighted by Gasteiger charge is -2.44. The van der Waals surface area contributed by atoms with Gasteiger partial charge in [-0.05, 0) is 61.7 Å². The van der Waals surface area contributed by atoms with Crippen molar-refractivity contribution in [3.8, 4) is 16.9 Å². The fourth-order valence-electron chi connectivity index (χ4n) is 5.99. The molecule has 0 unspecified atom stereocenters. The van der Waals surface area contributed by atoms with Crippen LogP contribution in [0.15, 0.2) is 48.4 Å². The summed E-state index contributed by atoms with van der Waals surface area (Å²) < 4.78 is 56.6. The van der Waals surface area contributed by atoms with Crippen molar-refractivity contribution in [2.75, 3.05) is 38.3 Å². The van der Waals surface area contributed by atoms with E-state index in [-0.39, 0.29) is 53.5 Å². The van der Waals surface area contributed by atoms with E-state index in [0.717, 1.165) is 23.1 Å². The number of carbonyl (C=O) groups is 2. The van der Waals surface area contributed by atoms with E-state index in [1.54, 1.807) is 42.6 Å². The first-order chi connectivity index (χ1) is 23.3. The number of pyridine rings is 1. The van der Waals surface area contributed by atoms with Crippen molar-refractivity contribution in [3.05, 3.63) is 82.3 Å². The number of halogens is 3. The second-order valence-electron chi connectivity index (χ2n) is 12.5. The van der Waals surface area contributed by atoms with Crippen LogP contribution in [0.25, 0.3) is 17.2 Å². The summed E-state index contributed by atoms with van der Waals surface area (Å²) in [6, 6.07) is 7.05. The SMILES string of the molecule is CCCCOC(=O)N(C)C1CN(c2cc(C)cc(/C=C3\COc4c(cc(Cn5ccnc5C)cc4-c4cn(C)nc4C(F)(F)F)C3=O)n2)C1. The number of unbranched alkanes of at least 4 members (excludes halogenated alkanes) is 1. The molecule has 14 heteroatoms. The molecule has 1 saturated heterocycles. The highest BCUT2D eigenvalue weighted by atomic mass is 19.4. The molecule has 2 aliphatic rings. The van der Waals surface area contributed by atoms with Gasteiger partial charge < -0.3 is 23.8 Å². The number of Topliss-reactive ketones (excluding diaryl/α,β-unsaturated/α-hetero) is 1. The fraction of sp³-hybridized carbons (Fsp3) is 0.400. The van der Waals surface area contributed by atoms with E-state index in [9.17, 15) is 22.8 Å². The van der Waals surface area contributed by atoms with Gasteiger partial charge in [-0.15, -0.1) is 0 Å². The van der Waals surface area contributed by atoms with Gasteiger partial charge in [0.2, 0.25) is 0 Å². The van der Waals surface area contributed by atoms with Gasteiger partial charge in [-0.3, -0.25) is 9.48 Å². The van der Waals surface area contributed by atoms with Crippen LogP contribution in [0.3, 0.4) is 0 Å². The number of aromatic nitrogens is 5. The molecule has 4 aromatic rings. The number of fused-ring (bicyclic) bond motifs is 1. The number of ketones is 1. The van der Waals surface area contributed by atoms with Crippen LogP contribution in [-0.4, -0.2) is 80.5 Å². The molecule has 3 aromatic heterocycles. The van der Waals surface area contributed by atoms with Crippen LogP contribution in [0.2, 0.25) is 0 Å². The first kappa shape index (κ1) is 33.7. The second kappa shape index (κ2) is 13.4. The maximum atomic E-state index is 14.1. The third-order valence-corrected chi connectivity index (χ3v) is 8.76. The highest BCUT2D eigenvalue weighted by molar-refractivity contribution is 6.15. The van der Waals surface area contributed by atoms with Crippen LogP contribution >= 0.6 is 0 Å². The van der Waals surface area contributed by atoms with Crippen molar-refractivity contribution in [2.24, 2.45) is 7.05 Å². The number of ether oxygens (including phenoxy) is 2. The zero-order valence-corrected chi connectivity index (χ0v) is 28.0. The minimum atomic E-state index is -4.72. The summed E-state index contributed by atoms with van der Waals surface area (Å²) in [6.45, 7) is 7.47. The molecule has 2 aliphatic heterocycles. The molecule has 258 valence electrons. The molecular formula is C35H38F3N7O4. The first-order valence-corrected chi connectivity index (χ1v) is 16.1. The molecule has 0 saturated carbocycles. The van der Waals surface area contributed by atoms with Crippen molar-refractivity contribution in [3.63, 3.8) is 0 Å². The lowest BCUT2D eigenvalue weighted by atomic mass is 9.91. The molecule has 0 aliphatic carbocycles. The number of amides is 1. The van der Waals surface area contributed by atoms with Gasteiger partial charge in [-0.25, -0.2) is 14.8 Å². The number of hydrogen-bond acceptors (Lipinski definition) is 8. The zero-order chi connectivity index (χ0) is 35.0. The monoisotopic (exact) mass is 677 g/mol. The molecule has 1 fully saturated rings. The van der Waals surface area contributed by atoms with Gasteiger partial charge in [0.25, 0.3) is 0 Å². The van der Waals surface area contributed by atoms with E-state index in [1.807, 2.05) is 42.4 Å². The van der Waals surface area contributed by atoms with E-state index >= 15 is 0 Å². The van der Waals surface area contributed by atoms with Crippen molar-refractivity contribution in [1.29, 1.82) is 0 Å². The average molecular weight is 678 g/mol. The number of alkyl halides is 3. The predicted octanol–water partition coefficient (Wildman–Crippen LogP) is 6.08. The van der Waals surface area contributed by atoms with Gasteiger partial charge in [0.15, 0.2) is 11.5 Å². The molecular weight excluding hydrogens is 639 g/mol. The molecule has 11 nitrogen and oxygen atoms in total. The summed E-state index contributed by atoms with van der Waals surface area (Å²) in [7, 11) is 3.15. The van der Waals surface area contributed by atoms with Gasteiger partial charge >= 0.3 is 12.3 Å². The Hall–Kier alpha value is -5.14. The van der Waals surface area contributed by atoms with E-state index in [2.05, 4.69) is 10.1 Å². The normalized spacial score (nSPS) is 15.6. The number of carbonyl (C=O) groups excluding carboxylic acids is 2. The largest absolute Gasteiger partial charge is 0.487 e. The Morgan fingerprint density at radius 3 is 2.59 bits per heavy atom. The molecule has 6 rings (SSSR count). The Morgan fingerprint density at radius 1 is 1.14 bits per heavy atom. The number of aryl methyl sites for hydroxylation is 3. The molecule has 49 heavy (non-hydrogen) atoms. The number of imidazole rings is 1. The van der Waals surface area contributed by atoms with Crippen molar-refractivity contribution >= 4 is 23.8 Å². The summed E-state index contributed by atoms with van der Waals surface area (Å²) in [4.78, 5) is 39.1. The van der Waals surface area contributed by atoms with Crippen LogP contribution in [0.5, 0.6) is 5.75 Å². The maximum absolute atomic E-state index is 14.1. The molecule has 0 spiro atoms. The van der Waals surface area contributed by atoms with Crippen LogP contribution in [0.1, 0.15) is 58.5 Å². The standard InChI is InChI=1S/C35H38F3N7O4/c1-6-7-10-48-34(47)43(5)26-17-45(18-26)30-12-21(2)11-25(40-30)15-24-20-49-32-27(29-19-42(4)41-33(29)35(36,37)38)13-23(14-28(32)31(24)46)16-44-9-8-39-22(44)3/h8-9,11-15,19,26H,6-7,10,16-18,20H2,1-5H3/b24-15+. The number of benzene rings is 1. The first-order valence-electron chi connectivity index (χ1n) is 16.1. The Labute approximate surface area is 282 Å². The third kappa shape index (κ3) is 7.03. The lowest BCUT2D eigenvalue weighted by Crippen LogP contribution is -2.60. The summed E-state index contributed by atoms with van der Waals surface area (Å²) in [5.74, 6) is 1.14. The molecule has 1 amide bonds. The van der Waals surface area contributed by atoms with Crippen molar-refractivity contribution < 1.29 is 32.2 Å². The number of hydrogen-bond donors (Lipinski definition) is 0. The fourth-order valence-corrected chi connectivity index (χ4v) is 5.99. The quantitative estimate of drug-likeness (QED) is 0.155. The topological polar surface area (TPSA) is 108 Å². The maximum Gasteiger partial charge on any atom is 0.435 e. The van der Waals surface area contributed by atoms with Gasteiger partial charge in [0.05, 0.1) is 23.9 Å². The predicted molar refractivity (Wildman–Crippen MR) is 177 cm³/mol. The Balaban J connectivity index is 1.29. The third-order valence-electron chi connectivity index (χ3n) is 8.76. The van der Waals surface area contributed by atoms with Gasteiger partial charge in [0, 0.05) is 69.0 Å². The van der Waals surface area contributed by atoms with E-state index in [1.165, 1.54) is 13.2 Å². The van der Waals surface area contributed by atoms with E-state index in [0.29, 0.717) is 48.2 Å². The van der Waals surface area contributed by atoms with Gasteiger partial charge in [-0.2, -0.15) is 18.3 Å². The molecule has 0 N–H and O–H groups in total. The van der Waals surface area contributed by atoms with Gasteiger partial charge in [0.1, 0.15) is 24.0 Å².